The number of aliphatic hydroxyl groups excluding tert-OH is 1. The summed E-state index contributed by atoms with van der Waals surface area (Å²) in [6.45, 7) is 6.44. The molecule has 18 heteroatoms. The Labute approximate surface area is 372 Å². The number of oxazole rings is 1. The monoisotopic (exact) mass is 915 g/mol. The molecule has 1 saturated carbocycles. The summed E-state index contributed by atoms with van der Waals surface area (Å²) < 4.78 is 80.0. The van der Waals surface area contributed by atoms with Crippen LogP contribution in [0.4, 0.5) is 24.7 Å². The lowest BCUT2D eigenvalue weighted by Gasteiger charge is -2.25. The van der Waals surface area contributed by atoms with Crippen LogP contribution in [0.15, 0.2) is 71.4 Å². The maximum Gasteiger partial charge on any atom is 0.573 e. The Bertz CT molecular complexity index is 2960. The van der Waals surface area contributed by atoms with Gasteiger partial charge in [0.2, 0.25) is 21.8 Å². The first-order chi connectivity index (χ1) is 30.5. The Hall–Kier alpha value is -5.33. The molecule has 4 aliphatic rings. The van der Waals surface area contributed by atoms with Crippen molar-refractivity contribution in [3.8, 4) is 28.3 Å². The summed E-state index contributed by atoms with van der Waals surface area (Å²) in [6.07, 6.45) is 1.12. The molecule has 3 aromatic heterocycles. The first-order valence-corrected chi connectivity index (χ1v) is 23.2. The highest BCUT2D eigenvalue weighted by molar-refractivity contribution is 7.91. The summed E-state index contributed by atoms with van der Waals surface area (Å²) in [5.41, 5.74) is 6.07. The summed E-state index contributed by atoms with van der Waals surface area (Å²) in [5.74, 6) is -1.03. The molecule has 5 heterocycles. The molecule has 0 spiro atoms. The molecular formula is C46H45ClF3N7O6S. The molecule has 64 heavy (non-hydrogen) atoms. The number of aliphatic hydroxyl groups is 1. The zero-order valence-corrected chi connectivity index (χ0v) is 36.6. The van der Waals surface area contributed by atoms with E-state index in [-0.39, 0.29) is 47.1 Å². The molecule has 0 bridgehead atoms. The van der Waals surface area contributed by atoms with Gasteiger partial charge in [-0.2, -0.15) is 0 Å². The molecule has 3 fully saturated rings. The number of nitrogens with zero attached hydrogens (tertiary/aromatic N) is 5. The van der Waals surface area contributed by atoms with E-state index in [1.165, 1.54) is 0 Å². The number of fused-ring (bicyclic) bond motifs is 3. The predicted molar refractivity (Wildman–Crippen MR) is 235 cm³/mol. The van der Waals surface area contributed by atoms with Crippen LogP contribution in [0.5, 0.6) is 5.75 Å². The number of β-amino-alcohol motifs (C(OH)–C–C–N with tert-alkyl or cyclic N) is 1. The SMILES string of the molecule is Cc1c(Nc2nccc3cc(CN4CC[C@@H](O)C4)cnc23)cccc1-c1cccc(-c2nc3cc4c(c(OC(F)(F)F)c3o2)CC[C@H]4N2CC[C@@H](C(=O)NS(=O)(=O)C3(C)CC3)C2)c1Cl. The van der Waals surface area contributed by atoms with E-state index in [4.69, 9.17) is 30.7 Å². The molecule has 2 aliphatic heterocycles. The number of pyridine rings is 2. The summed E-state index contributed by atoms with van der Waals surface area (Å²) in [7, 11) is -3.81. The Morgan fingerprint density at radius 1 is 1.03 bits per heavy atom. The smallest absolute Gasteiger partial charge is 0.432 e. The second-order valence-electron chi connectivity index (χ2n) is 17.7. The van der Waals surface area contributed by atoms with Gasteiger partial charge in [-0.1, -0.05) is 35.9 Å². The minimum atomic E-state index is -5.03. The maximum absolute atomic E-state index is 14.1. The number of hydrogen-bond donors (Lipinski definition) is 3. The molecule has 6 aromatic rings. The van der Waals surface area contributed by atoms with Crippen molar-refractivity contribution in [1.82, 2.24) is 29.5 Å². The summed E-state index contributed by atoms with van der Waals surface area (Å²) in [6, 6.07) is 16.4. The highest BCUT2D eigenvalue weighted by atomic mass is 35.5. The number of amides is 1. The van der Waals surface area contributed by atoms with Gasteiger partial charge in [-0.3, -0.25) is 24.3 Å². The molecule has 10 rings (SSSR count). The van der Waals surface area contributed by atoms with Crippen LogP contribution in [-0.2, 0) is 27.8 Å². The Kier molecular flexibility index (Phi) is 10.6. The van der Waals surface area contributed by atoms with Crippen LogP contribution in [0.3, 0.4) is 0 Å². The number of likely N-dealkylation sites (tertiary alicyclic amines) is 2. The zero-order chi connectivity index (χ0) is 44.7. The summed E-state index contributed by atoms with van der Waals surface area (Å²) >= 11 is 7.17. The van der Waals surface area contributed by atoms with Gasteiger partial charge in [0.25, 0.3) is 0 Å². The van der Waals surface area contributed by atoms with E-state index in [0.29, 0.717) is 78.9 Å². The van der Waals surface area contributed by atoms with Gasteiger partial charge in [-0.15, -0.1) is 13.2 Å². The van der Waals surface area contributed by atoms with Crippen molar-refractivity contribution in [2.24, 2.45) is 5.92 Å². The molecule has 334 valence electrons. The van der Waals surface area contributed by atoms with Crippen molar-refractivity contribution in [2.75, 3.05) is 31.5 Å². The van der Waals surface area contributed by atoms with Crippen molar-refractivity contribution >= 4 is 61.0 Å². The molecule has 2 aliphatic carbocycles. The largest absolute Gasteiger partial charge is 0.573 e. The second-order valence-corrected chi connectivity index (χ2v) is 20.2. The molecule has 3 aromatic carbocycles. The predicted octanol–water partition coefficient (Wildman–Crippen LogP) is 8.58. The van der Waals surface area contributed by atoms with E-state index in [9.17, 15) is 31.5 Å². The first-order valence-electron chi connectivity index (χ1n) is 21.4. The number of hydrogen-bond acceptors (Lipinski definition) is 12. The van der Waals surface area contributed by atoms with E-state index < -0.39 is 38.7 Å². The van der Waals surface area contributed by atoms with Crippen LogP contribution < -0.4 is 14.8 Å². The fraction of sp³-hybridized carbons (Fsp3) is 0.391. The number of alkyl halides is 3. The standard InChI is InChI=1S/C46H45ClF3N7O6S/c1-25-30(5-4-8-35(25)53-42-39-27(11-16-51-42)19-26(21-52-39)22-56-17-13-29(58)24-56)31-6-3-7-33(38(31)47)44-54-36-20-34-32(40(41(36)62-44)63-46(48,49)50)9-10-37(34)57-18-12-28(23-57)43(59)55-64(60,61)45(2)14-15-45/h3-8,11,16,19-21,28-29,37,58H,9-10,12-15,17-18,22-24H2,1-2H3,(H,51,53)(H,55,59)/t28-,29-,37-/m1/s1. The van der Waals surface area contributed by atoms with Crippen molar-refractivity contribution < 1.29 is 40.6 Å². The summed E-state index contributed by atoms with van der Waals surface area (Å²) in [4.78, 5) is 31.4. The minimum Gasteiger partial charge on any atom is -0.432 e. The molecule has 0 unspecified atom stereocenters. The van der Waals surface area contributed by atoms with E-state index in [2.05, 4.69) is 26.0 Å². The lowest BCUT2D eigenvalue weighted by Crippen LogP contribution is -2.42. The van der Waals surface area contributed by atoms with Crippen LogP contribution in [0.2, 0.25) is 5.02 Å². The van der Waals surface area contributed by atoms with Crippen molar-refractivity contribution in [3.63, 3.8) is 0 Å². The number of anilines is 2. The van der Waals surface area contributed by atoms with Crippen LogP contribution in [0.25, 0.3) is 44.6 Å². The number of ether oxygens (including phenoxy) is 1. The normalized spacial score (nSPS) is 21.1. The topological polar surface area (TPSA) is 163 Å². The number of aromatic nitrogens is 3. The molecule has 13 nitrogen and oxygen atoms in total. The average Bonchev–Trinajstić information content (AvgIpc) is 3.71. The third kappa shape index (κ3) is 7.95. The number of carbonyl (C=O) groups excluding carboxylic acids is 1. The third-order valence-corrected chi connectivity index (χ3v) is 15.9. The zero-order valence-electron chi connectivity index (χ0n) is 35.0. The highest BCUT2D eigenvalue weighted by Gasteiger charge is 2.51. The maximum atomic E-state index is 14.1. The van der Waals surface area contributed by atoms with Gasteiger partial charge >= 0.3 is 6.36 Å². The number of sulfonamides is 1. The van der Waals surface area contributed by atoms with Crippen LogP contribution >= 0.6 is 11.6 Å². The lowest BCUT2D eigenvalue weighted by molar-refractivity contribution is -0.274. The van der Waals surface area contributed by atoms with Crippen molar-refractivity contribution in [1.29, 1.82) is 0 Å². The number of nitrogens with one attached hydrogen (secondary N) is 2. The van der Waals surface area contributed by atoms with Crippen molar-refractivity contribution in [3.05, 3.63) is 94.3 Å². The number of carbonyl (C=O) groups is 1. The fourth-order valence-electron chi connectivity index (χ4n) is 9.47. The molecule has 3 atom stereocenters. The van der Waals surface area contributed by atoms with Crippen LogP contribution in [-0.4, -0.2) is 87.6 Å². The number of rotatable bonds is 11. The van der Waals surface area contributed by atoms with E-state index in [0.717, 1.165) is 40.7 Å². The van der Waals surface area contributed by atoms with E-state index >= 15 is 0 Å². The van der Waals surface area contributed by atoms with Crippen LogP contribution in [0.1, 0.15) is 67.3 Å². The van der Waals surface area contributed by atoms with Crippen molar-refractivity contribution in [2.45, 2.75) is 82.2 Å². The quantitative estimate of drug-likeness (QED) is 0.114. The Balaban J connectivity index is 0.929. The average molecular weight is 916 g/mol. The van der Waals surface area contributed by atoms with Crippen LogP contribution in [0, 0.1) is 12.8 Å². The molecule has 0 radical (unpaired) electrons. The molecule has 1 amide bonds. The fourth-order valence-corrected chi connectivity index (χ4v) is 11.1. The third-order valence-electron chi connectivity index (χ3n) is 13.3. The van der Waals surface area contributed by atoms with E-state index in [1.807, 2.05) is 48.4 Å². The summed E-state index contributed by atoms with van der Waals surface area (Å²) in [5, 5.41) is 14.6. The minimum absolute atomic E-state index is 0.0100. The van der Waals surface area contributed by atoms with Gasteiger partial charge in [0.1, 0.15) is 11.0 Å². The van der Waals surface area contributed by atoms with E-state index in [1.54, 1.807) is 31.3 Å². The number of benzene rings is 3. The molecule has 2 saturated heterocycles. The molecular weight excluding hydrogens is 871 g/mol. The molecule has 3 N–H and O–H groups in total. The van der Waals surface area contributed by atoms with Gasteiger partial charge in [-0.25, -0.2) is 18.4 Å². The lowest BCUT2D eigenvalue weighted by atomic mass is 9.97. The Morgan fingerprint density at radius 2 is 1.81 bits per heavy atom. The van der Waals surface area contributed by atoms with Gasteiger partial charge in [-0.05, 0) is 112 Å². The second kappa shape index (κ2) is 16.0. The Morgan fingerprint density at radius 3 is 2.58 bits per heavy atom. The number of halogens is 4. The van der Waals surface area contributed by atoms with Gasteiger partial charge in [0.05, 0.1) is 27.4 Å². The first kappa shape index (κ1) is 42.6. The van der Waals surface area contributed by atoms with Gasteiger partial charge in [0.15, 0.2) is 17.2 Å². The highest BCUT2D eigenvalue weighted by Crippen LogP contribution is 2.49. The van der Waals surface area contributed by atoms with Gasteiger partial charge < -0.3 is 19.6 Å². The van der Waals surface area contributed by atoms with Gasteiger partial charge in [0, 0.05) is 66.8 Å².